The van der Waals surface area contributed by atoms with Gasteiger partial charge in [-0.1, -0.05) is 6.07 Å². The molecule has 0 aliphatic heterocycles. The molecule has 0 aliphatic rings. The fourth-order valence-electron chi connectivity index (χ4n) is 2.07. The van der Waals surface area contributed by atoms with Gasteiger partial charge in [0.2, 0.25) is 5.28 Å². The Kier molecular flexibility index (Phi) is 3.58. The summed E-state index contributed by atoms with van der Waals surface area (Å²) in [6.45, 7) is 5.05. The molecule has 0 amide bonds. The van der Waals surface area contributed by atoms with E-state index in [0.29, 0.717) is 5.65 Å². The molecular formula is C13H14ClN5S. The summed E-state index contributed by atoms with van der Waals surface area (Å²) in [7, 11) is 0. The number of H-pyrrole nitrogens is 1. The Morgan fingerprint density at radius 1 is 1.40 bits per heavy atom. The molecule has 7 heteroatoms. The van der Waals surface area contributed by atoms with Gasteiger partial charge in [0.25, 0.3) is 0 Å². The predicted octanol–water partition coefficient (Wildman–Crippen LogP) is 3.48. The summed E-state index contributed by atoms with van der Waals surface area (Å²) in [6, 6.07) is 4.46. The van der Waals surface area contributed by atoms with Crippen LogP contribution < -0.4 is 4.90 Å². The van der Waals surface area contributed by atoms with E-state index in [1.165, 1.54) is 4.88 Å². The third kappa shape index (κ3) is 2.48. The molecule has 0 atom stereocenters. The zero-order chi connectivity index (χ0) is 14.1. The summed E-state index contributed by atoms with van der Waals surface area (Å²) in [5.41, 5.74) is 1.41. The fraction of sp³-hybridized carbons (Fsp3) is 0.308. The topological polar surface area (TPSA) is 57.7 Å². The second-order valence-electron chi connectivity index (χ2n) is 4.72. The van der Waals surface area contributed by atoms with E-state index in [1.807, 2.05) is 0 Å². The summed E-state index contributed by atoms with van der Waals surface area (Å²) >= 11 is 7.74. The van der Waals surface area contributed by atoms with E-state index in [9.17, 15) is 0 Å². The molecule has 0 bridgehead atoms. The molecule has 0 fully saturated rings. The molecule has 0 spiro atoms. The maximum atomic E-state index is 6.01. The number of hydrogen-bond donors (Lipinski definition) is 1. The summed E-state index contributed by atoms with van der Waals surface area (Å²) in [6.07, 6.45) is 1.61. The first-order valence-electron chi connectivity index (χ1n) is 6.31. The number of halogens is 1. The second-order valence-corrected chi connectivity index (χ2v) is 6.09. The Morgan fingerprint density at radius 2 is 2.25 bits per heavy atom. The zero-order valence-electron chi connectivity index (χ0n) is 11.2. The Labute approximate surface area is 125 Å². The predicted molar refractivity (Wildman–Crippen MR) is 82.3 cm³/mol. The number of imidazole rings is 1. The summed E-state index contributed by atoms with van der Waals surface area (Å²) in [5.74, 6) is 0.793. The van der Waals surface area contributed by atoms with Gasteiger partial charge >= 0.3 is 0 Å². The van der Waals surface area contributed by atoms with Crippen LogP contribution in [0.4, 0.5) is 5.82 Å². The molecular weight excluding hydrogens is 294 g/mol. The monoisotopic (exact) mass is 307 g/mol. The van der Waals surface area contributed by atoms with Gasteiger partial charge in [0.1, 0.15) is 5.52 Å². The van der Waals surface area contributed by atoms with Crippen molar-refractivity contribution in [3.05, 3.63) is 34.0 Å². The van der Waals surface area contributed by atoms with E-state index in [4.69, 9.17) is 11.6 Å². The maximum absolute atomic E-state index is 6.01. The minimum Gasteiger partial charge on any atom is -0.347 e. The number of nitrogens with one attached hydrogen (secondary N) is 1. The quantitative estimate of drug-likeness (QED) is 0.750. The lowest BCUT2D eigenvalue weighted by atomic mass is 10.3. The first kappa shape index (κ1) is 13.3. The Morgan fingerprint density at radius 3 is 2.95 bits per heavy atom. The highest BCUT2D eigenvalue weighted by molar-refractivity contribution is 7.09. The van der Waals surface area contributed by atoms with Crippen molar-refractivity contribution < 1.29 is 0 Å². The first-order valence-corrected chi connectivity index (χ1v) is 7.56. The van der Waals surface area contributed by atoms with Gasteiger partial charge in [-0.25, -0.2) is 4.98 Å². The van der Waals surface area contributed by atoms with Crippen molar-refractivity contribution >= 4 is 39.9 Å². The van der Waals surface area contributed by atoms with Gasteiger partial charge in [0.15, 0.2) is 11.5 Å². The lowest BCUT2D eigenvalue weighted by Gasteiger charge is -2.27. The van der Waals surface area contributed by atoms with E-state index < -0.39 is 0 Å². The lowest BCUT2D eigenvalue weighted by Crippen LogP contribution is -2.31. The number of rotatable bonds is 4. The average molecular weight is 308 g/mol. The number of aromatic nitrogens is 4. The third-order valence-electron chi connectivity index (χ3n) is 3.04. The van der Waals surface area contributed by atoms with Gasteiger partial charge in [-0.05, 0) is 36.9 Å². The van der Waals surface area contributed by atoms with Gasteiger partial charge < -0.3 is 9.88 Å². The number of anilines is 1. The largest absolute Gasteiger partial charge is 0.347 e. The van der Waals surface area contributed by atoms with Crippen molar-refractivity contribution in [1.29, 1.82) is 0 Å². The highest BCUT2D eigenvalue weighted by Crippen LogP contribution is 2.26. The van der Waals surface area contributed by atoms with Crippen molar-refractivity contribution in [3.63, 3.8) is 0 Å². The molecule has 0 aliphatic carbocycles. The number of hydrogen-bond acceptors (Lipinski definition) is 5. The van der Waals surface area contributed by atoms with Gasteiger partial charge in [0, 0.05) is 10.9 Å². The van der Waals surface area contributed by atoms with Crippen LogP contribution in [0, 0.1) is 0 Å². The van der Waals surface area contributed by atoms with Crippen LogP contribution in [0.5, 0.6) is 0 Å². The molecule has 0 aromatic carbocycles. The van der Waals surface area contributed by atoms with E-state index in [0.717, 1.165) is 17.9 Å². The van der Waals surface area contributed by atoms with Gasteiger partial charge in [-0.3, -0.25) is 0 Å². The molecule has 1 N–H and O–H groups in total. The highest BCUT2D eigenvalue weighted by atomic mass is 35.5. The summed E-state index contributed by atoms with van der Waals surface area (Å²) < 4.78 is 0. The number of aromatic amines is 1. The molecule has 3 aromatic rings. The summed E-state index contributed by atoms with van der Waals surface area (Å²) in [4.78, 5) is 19.2. The Balaban J connectivity index is 2.07. The highest BCUT2D eigenvalue weighted by Gasteiger charge is 2.19. The van der Waals surface area contributed by atoms with Crippen molar-refractivity contribution in [1.82, 2.24) is 19.9 Å². The van der Waals surface area contributed by atoms with Crippen LogP contribution in [-0.2, 0) is 6.54 Å². The van der Waals surface area contributed by atoms with E-state index >= 15 is 0 Å². The average Bonchev–Trinajstić information content (AvgIpc) is 3.05. The molecule has 3 heterocycles. The third-order valence-corrected chi connectivity index (χ3v) is 4.07. The zero-order valence-corrected chi connectivity index (χ0v) is 12.7. The van der Waals surface area contributed by atoms with Crippen LogP contribution >= 0.6 is 22.9 Å². The molecule has 104 valence electrons. The molecule has 20 heavy (non-hydrogen) atoms. The van der Waals surface area contributed by atoms with Crippen molar-refractivity contribution in [3.8, 4) is 0 Å². The normalized spacial score (nSPS) is 11.4. The van der Waals surface area contributed by atoms with Crippen molar-refractivity contribution in [2.45, 2.75) is 26.4 Å². The summed E-state index contributed by atoms with van der Waals surface area (Å²) in [5, 5.41) is 2.29. The molecule has 3 aromatic heterocycles. The van der Waals surface area contributed by atoms with Gasteiger partial charge in [-0.2, -0.15) is 9.97 Å². The van der Waals surface area contributed by atoms with Gasteiger partial charge in [0.05, 0.1) is 12.9 Å². The Bertz CT molecular complexity index is 707. The minimum absolute atomic E-state index is 0.219. The van der Waals surface area contributed by atoms with E-state index in [-0.39, 0.29) is 11.3 Å². The molecule has 5 nitrogen and oxygen atoms in total. The standard InChI is InChI=1S/C13H14ClN5S/c1-8(2)19(6-9-4-3-5-20-9)12-10-11(16-7-15-10)17-13(14)18-12/h3-5,7-8H,6H2,1-2H3,(H,15,16,17,18). The maximum Gasteiger partial charge on any atom is 0.226 e. The van der Waals surface area contributed by atoms with Gasteiger partial charge in [-0.15, -0.1) is 11.3 Å². The second kappa shape index (κ2) is 5.38. The smallest absolute Gasteiger partial charge is 0.226 e. The van der Waals surface area contributed by atoms with Crippen LogP contribution in [0.3, 0.4) is 0 Å². The fourth-order valence-corrected chi connectivity index (χ4v) is 2.94. The minimum atomic E-state index is 0.219. The van der Waals surface area contributed by atoms with Crippen LogP contribution in [0.25, 0.3) is 11.2 Å². The number of thiophene rings is 1. The number of nitrogens with zero attached hydrogens (tertiary/aromatic N) is 4. The van der Waals surface area contributed by atoms with Crippen LogP contribution in [0.2, 0.25) is 5.28 Å². The van der Waals surface area contributed by atoms with Crippen LogP contribution in [0.15, 0.2) is 23.8 Å². The molecule has 0 saturated carbocycles. The Hall–Kier alpha value is -1.66. The van der Waals surface area contributed by atoms with E-state index in [1.54, 1.807) is 17.7 Å². The lowest BCUT2D eigenvalue weighted by molar-refractivity contribution is 0.678. The molecule has 0 saturated heterocycles. The number of fused-ring (bicyclic) bond motifs is 1. The molecule has 0 radical (unpaired) electrons. The first-order chi connectivity index (χ1) is 9.65. The SMILES string of the molecule is CC(C)N(Cc1cccs1)c1nc(Cl)nc2nc[nH]c12. The van der Waals surface area contributed by atoms with E-state index in [2.05, 4.69) is 56.2 Å². The van der Waals surface area contributed by atoms with Crippen LogP contribution in [-0.4, -0.2) is 26.0 Å². The molecule has 3 rings (SSSR count). The van der Waals surface area contributed by atoms with Crippen LogP contribution in [0.1, 0.15) is 18.7 Å². The van der Waals surface area contributed by atoms with Crippen molar-refractivity contribution in [2.75, 3.05) is 4.90 Å². The van der Waals surface area contributed by atoms with Crippen molar-refractivity contribution in [2.24, 2.45) is 0 Å². The molecule has 0 unspecified atom stereocenters.